The van der Waals surface area contributed by atoms with Crippen LogP contribution in [0.25, 0.3) is 0 Å². The van der Waals surface area contributed by atoms with Crippen LogP contribution >= 0.6 is 0 Å². The number of carbonyl (C=O) groups is 3. The summed E-state index contributed by atoms with van der Waals surface area (Å²) in [7, 11) is 0. The van der Waals surface area contributed by atoms with Crippen molar-refractivity contribution >= 4 is 17.8 Å². The zero-order valence-electron chi connectivity index (χ0n) is 18.6. The molecular weight excluding hydrogens is 382 g/mol. The Bertz CT molecular complexity index is 528. The highest BCUT2D eigenvalue weighted by Gasteiger charge is 2.22. The molecule has 0 bridgehead atoms. The number of aliphatic carboxylic acids is 2. The molecule has 0 rings (SSSR count). The molecule has 0 aliphatic rings. The van der Waals surface area contributed by atoms with Crippen molar-refractivity contribution in [3.63, 3.8) is 0 Å². The molecule has 0 aromatic heterocycles. The van der Waals surface area contributed by atoms with Crippen LogP contribution in [0.15, 0.2) is 24.3 Å². The van der Waals surface area contributed by atoms with Crippen molar-refractivity contribution in [2.24, 2.45) is 0 Å². The first-order valence-electron chi connectivity index (χ1n) is 11.5. The minimum Gasteiger partial charge on any atom is -0.481 e. The second-order valence-corrected chi connectivity index (χ2v) is 7.74. The molecule has 0 aromatic rings. The number of hydrogen-bond donors (Lipinski definition) is 3. The van der Waals surface area contributed by atoms with Gasteiger partial charge in [0.15, 0.2) is 0 Å². The second-order valence-electron chi connectivity index (χ2n) is 7.74. The standard InChI is InChI=1S/C24H41NO5/c1-2-3-4-5-6-7-8-9-10-11-12-13-14-15-16-17-18-19-22(26)25-21(24(29)30)20-23(27)28/h6-7,9-10,21H,2-5,8,11-20H2,1H3,(H,25,26)(H,27,28)(H,29,30)/b7-6-,10-9-/t21-/m0/s1. The van der Waals surface area contributed by atoms with Gasteiger partial charge < -0.3 is 15.5 Å². The third kappa shape index (κ3) is 19.2. The first-order chi connectivity index (χ1) is 14.5. The third-order valence-corrected chi connectivity index (χ3v) is 4.87. The highest BCUT2D eigenvalue weighted by Crippen LogP contribution is 2.10. The van der Waals surface area contributed by atoms with Gasteiger partial charge in [0.2, 0.25) is 5.91 Å². The van der Waals surface area contributed by atoms with E-state index in [1.165, 1.54) is 44.9 Å². The first-order valence-corrected chi connectivity index (χ1v) is 11.5. The molecule has 0 saturated heterocycles. The maximum absolute atomic E-state index is 11.7. The maximum atomic E-state index is 11.7. The summed E-state index contributed by atoms with van der Waals surface area (Å²) in [5, 5.41) is 19.8. The summed E-state index contributed by atoms with van der Waals surface area (Å²) < 4.78 is 0. The van der Waals surface area contributed by atoms with Gasteiger partial charge in [-0.15, -0.1) is 0 Å². The van der Waals surface area contributed by atoms with Crippen LogP contribution in [0, 0.1) is 0 Å². The Morgan fingerprint density at radius 1 is 0.767 bits per heavy atom. The van der Waals surface area contributed by atoms with Crippen LogP contribution in [0.4, 0.5) is 0 Å². The fraction of sp³-hybridized carbons (Fsp3) is 0.708. The molecule has 3 N–H and O–H groups in total. The lowest BCUT2D eigenvalue weighted by Gasteiger charge is -2.12. The van der Waals surface area contributed by atoms with Crippen LogP contribution in [0.3, 0.4) is 0 Å². The van der Waals surface area contributed by atoms with Crippen LogP contribution in [0.1, 0.15) is 103 Å². The number of unbranched alkanes of at least 4 members (excludes halogenated alkanes) is 10. The van der Waals surface area contributed by atoms with Gasteiger partial charge in [-0.05, 0) is 38.5 Å². The average molecular weight is 424 g/mol. The van der Waals surface area contributed by atoms with Gasteiger partial charge in [-0.25, -0.2) is 4.79 Å². The van der Waals surface area contributed by atoms with E-state index in [4.69, 9.17) is 10.2 Å². The molecule has 30 heavy (non-hydrogen) atoms. The Morgan fingerprint density at radius 2 is 1.30 bits per heavy atom. The van der Waals surface area contributed by atoms with Crippen molar-refractivity contribution in [3.8, 4) is 0 Å². The molecule has 0 radical (unpaired) electrons. The summed E-state index contributed by atoms with van der Waals surface area (Å²) in [5.74, 6) is -2.96. The summed E-state index contributed by atoms with van der Waals surface area (Å²) in [4.78, 5) is 33.2. The Kier molecular flexibility index (Phi) is 18.8. The van der Waals surface area contributed by atoms with E-state index in [1.807, 2.05) is 0 Å². The molecule has 0 heterocycles. The minimum atomic E-state index is -1.36. The number of nitrogens with one attached hydrogen (secondary N) is 1. The van der Waals surface area contributed by atoms with Crippen LogP contribution < -0.4 is 5.32 Å². The van der Waals surface area contributed by atoms with Crippen molar-refractivity contribution in [1.29, 1.82) is 0 Å². The fourth-order valence-corrected chi connectivity index (χ4v) is 3.09. The van der Waals surface area contributed by atoms with Gasteiger partial charge in [-0.3, -0.25) is 9.59 Å². The number of rotatable bonds is 20. The lowest BCUT2D eigenvalue weighted by atomic mass is 10.1. The summed E-state index contributed by atoms with van der Waals surface area (Å²) >= 11 is 0. The molecule has 1 amide bonds. The van der Waals surface area contributed by atoms with E-state index in [0.29, 0.717) is 6.42 Å². The Balaban J connectivity index is 3.51. The molecule has 172 valence electrons. The first kappa shape index (κ1) is 27.9. The number of carboxylic acid groups (broad SMARTS) is 2. The van der Waals surface area contributed by atoms with Gasteiger partial charge in [-0.2, -0.15) is 0 Å². The largest absolute Gasteiger partial charge is 0.481 e. The van der Waals surface area contributed by atoms with Gasteiger partial charge in [-0.1, -0.05) is 76.2 Å². The summed E-state index contributed by atoms with van der Waals surface area (Å²) in [6.45, 7) is 2.22. The van der Waals surface area contributed by atoms with Crippen molar-refractivity contribution < 1.29 is 24.6 Å². The van der Waals surface area contributed by atoms with Gasteiger partial charge in [0.25, 0.3) is 0 Å². The quantitative estimate of drug-likeness (QED) is 0.174. The topological polar surface area (TPSA) is 104 Å². The van der Waals surface area contributed by atoms with E-state index in [2.05, 4.69) is 36.5 Å². The summed E-state index contributed by atoms with van der Waals surface area (Å²) in [6.07, 6.45) is 23.3. The van der Waals surface area contributed by atoms with Crippen LogP contribution in [-0.2, 0) is 14.4 Å². The zero-order chi connectivity index (χ0) is 22.5. The molecule has 0 aliphatic carbocycles. The molecule has 0 aromatic carbocycles. The van der Waals surface area contributed by atoms with E-state index in [1.54, 1.807) is 0 Å². The molecule has 6 heteroatoms. The Hall–Kier alpha value is -2.11. The zero-order valence-corrected chi connectivity index (χ0v) is 18.6. The van der Waals surface area contributed by atoms with Crippen LogP contribution in [0.2, 0.25) is 0 Å². The summed E-state index contributed by atoms with van der Waals surface area (Å²) in [5.41, 5.74) is 0. The predicted octanol–water partition coefficient (Wildman–Crippen LogP) is 5.62. The van der Waals surface area contributed by atoms with E-state index < -0.39 is 30.3 Å². The smallest absolute Gasteiger partial charge is 0.326 e. The highest BCUT2D eigenvalue weighted by atomic mass is 16.4. The number of carboxylic acids is 2. The molecule has 0 aliphatic heterocycles. The molecule has 0 saturated carbocycles. The number of carbonyl (C=O) groups excluding carboxylic acids is 1. The molecular formula is C24H41NO5. The lowest BCUT2D eigenvalue weighted by Crippen LogP contribution is -2.42. The normalized spacial score (nSPS) is 12.4. The fourth-order valence-electron chi connectivity index (χ4n) is 3.09. The lowest BCUT2D eigenvalue weighted by molar-refractivity contribution is -0.147. The molecule has 0 spiro atoms. The number of allylic oxidation sites excluding steroid dienone is 4. The minimum absolute atomic E-state index is 0.237. The molecule has 1 atom stereocenters. The Morgan fingerprint density at radius 3 is 1.83 bits per heavy atom. The van der Waals surface area contributed by atoms with E-state index in [0.717, 1.165) is 32.1 Å². The van der Waals surface area contributed by atoms with Crippen molar-refractivity contribution in [3.05, 3.63) is 24.3 Å². The van der Waals surface area contributed by atoms with Crippen molar-refractivity contribution in [1.82, 2.24) is 5.32 Å². The third-order valence-electron chi connectivity index (χ3n) is 4.87. The molecule has 0 fully saturated rings. The summed E-state index contributed by atoms with van der Waals surface area (Å²) in [6, 6.07) is -1.36. The SMILES string of the molecule is CCCCC/C=C\C/C=C\CCCCCCCCCC(=O)N[C@@H](CC(=O)O)C(=O)O. The van der Waals surface area contributed by atoms with Gasteiger partial charge in [0.05, 0.1) is 6.42 Å². The number of hydrogen-bond acceptors (Lipinski definition) is 3. The average Bonchev–Trinajstić information content (AvgIpc) is 2.69. The second kappa shape index (κ2) is 20.2. The predicted molar refractivity (Wildman–Crippen MR) is 120 cm³/mol. The maximum Gasteiger partial charge on any atom is 0.326 e. The van der Waals surface area contributed by atoms with Crippen LogP contribution in [0.5, 0.6) is 0 Å². The van der Waals surface area contributed by atoms with Gasteiger partial charge in [0.1, 0.15) is 6.04 Å². The van der Waals surface area contributed by atoms with Gasteiger partial charge in [0, 0.05) is 6.42 Å². The Labute approximate surface area is 181 Å². The van der Waals surface area contributed by atoms with E-state index in [9.17, 15) is 14.4 Å². The monoisotopic (exact) mass is 423 g/mol. The van der Waals surface area contributed by atoms with Crippen molar-refractivity contribution in [2.45, 2.75) is 109 Å². The molecule has 6 nitrogen and oxygen atoms in total. The molecule has 0 unspecified atom stereocenters. The van der Waals surface area contributed by atoms with Crippen molar-refractivity contribution in [2.75, 3.05) is 0 Å². The number of amides is 1. The van der Waals surface area contributed by atoms with E-state index >= 15 is 0 Å². The van der Waals surface area contributed by atoms with Gasteiger partial charge >= 0.3 is 11.9 Å². The van der Waals surface area contributed by atoms with Crippen LogP contribution in [-0.4, -0.2) is 34.1 Å². The van der Waals surface area contributed by atoms with E-state index in [-0.39, 0.29) is 6.42 Å². The highest BCUT2D eigenvalue weighted by molar-refractivity contribution is 5.86.